The van der Waals surface area contributed by atoms with Crippen LogP contribution in [-0.2, 0) is 31.6 Å². The highest BCUT2D eigenvalue weighted by Gasteiger charge is 2.46. The van der Waals surface area contributed by atoms with Crippen LogP contribution < -0.4 is 11.3 Å². The summed E-state index contributed by atoms with van der Waals surface area (Å²) in [6.07, 6.45) is -2.74. The number of nitrogens with two attached hydrogens (primary N) is 1. The molecular weight excluding hydrogens is 523 g/mol. The summed E-state index contributed by atoms with van der Waals surface area (Å²) in [5, 5.41) is 9.32. The molecule has 0 aromatic carbocycles. The Morgan fingerprint density at radius 3 is 2.50 bits per heavy atom. The zero-order chi connectivity index (χ0) is 24.1. The fourth-order valence-electron chi connectivity index (χ4n) is 2.70. The molecule has 2 unspecified atom stereocenters. The molecule has 6 atom stereocenters. The van der Waals surface area contributed by atoms with Crippen molar-refractivity contribution in [3.8, 4) is 0 Å². The molecule has 0 radical (unpaired) electrons. The van der Waals surface area contributed by atoms with Gasteiger partial charge in [-0.05, 0) is 0 Å². The van der Waals surface area contributed by atoms with Crippen molar-refractivity contribution in [3.63, 3.8) is 0 Å². The smallest absolute Gasteiger partial charge is 0.389 e. The topological polar surface area (TPSA) is 279 Å². The van der Waals surface area contributed by atoms with Gasteiger partial charge < -0.3 is 35.2 Å². The molecule has 0 aliphatic carbocycles. The van der Waals surface area contributed by atoms with Crippen LogP contribution in [0.2, 0.25) is 0 Å². The monoisotopic (exact) mass is 539 g/mol. The van der Waals surface area contributed by atoms with Crippen molar-refractivity contribution in [1.82, 2.24) is 19.5 Å². The average molecular weight is 539 g/mol. The Hall–Kier alpha value is -1.17. The number of H-pyrrole nitrogens is 1. The molecule has 32 heavy (non-hydrogen) atoms. The van der Waals surface area contributed by atoms with Crippen molar-refractivity contribution in [2.75, 3.05) is 12.3 Å². The van der Waals surface area contributed by atoms with Gasteiger partial charge in [0.15, 0.2) is 17.4 Å². The summed E-state index contributed by atoms with van der Waals surface area (Å²) >= 11 is 4.21. The number of ether oxygens (including phenoxy) is 1. The van der Waals surface area contributed by atoms with E-state index in [-0.39, 0.29) is 17.1 Å². The molecule has 2 aromatic rings. The molecular formula is C10H16N5O13P3S. The molecule has 8 N–H and O–H groups in total. The number of nitrogens with one attached hydrogen (secondary N) is 1. The molecule has 22 heteroatoms. The summed E-state index contributed by atoms with van der Waals surface area (Å²) in [6.45, 7) is -0.902. The number of anilines is 1. The van der Waals surface area contributed by atoms with Crippen LogP contribution in [0.25, 0.3) is 11.2 Å². The Morgan fingerprint density at radius 1 is 1.22 bits per heavy atom. The number of aromatic nitrogens is 4. The maximum Gasteiger partial charge on any atom is 0.490 e. The predicted octanol–water partition coefficient (Wildman–Crippen LogP) is -1.40. The lowest BCUT2D eigenvalue weighted by atomic mass is 10.2. The second-order valence-corrected chi connectivity index (χ2v) is 11.2. The van der Waals surface area contributed by atoms with Crippen molar-refractivity contribution in [3.05, 3.63) is 16.7 Å². The zero-order valence-corrected chi connectivity index (χ0v) is 18.9. The number of fused-ring (bicyclic) bond motifs is 1. The number of aliphatic hydroxyl groups excluding tert-OH is 1. The molecule has 1 aliphatic rings. The summed E-state index contributed by atoms with van der Waals surface area (Å²) in [5.74, 6) is -0.220. The summed E-state index contributed by atoms with van der Waals surface area (Å²) in [4.78, 5) is 57.6. The van der Waals surface area contributed by atoms with Gasteiger partial charge in [0.2, 0.25) is 5.95 Å². The first-order valence-corrected chi connectivity index (χ1v) is 13.1. The molecule has 18 nitrogen and oxygen atoms in total. The zero-order valence-electron chi connectivity index (χ0n) is 15.3. The molecule has 3 rings (SSSR count). The van der Waals surface area contributed by atoms with Gasteiger partial charge >= 0.3 is 23.5 Å². The first kappa shape index (κ1) is 25.5. The molecule has 1 fully saturated rings. The van der Waals surface area contributed by atoms with Gasteiger partial charge in [0.05, 0.1) is 24.3 Å². The molecule has 0 amide bonds. The largest absolute Gasteiger partial charge is 0.490 e. The van der Waals surface area contributed by atoms with Crippen LogP contribution in [0.5, 0.6) is 0 Å². The lowest BCUT2D eigenvalue weighted by molar-refractivity contribution is -0.0421. The minimum atomic E-state index is -5.70. The number of imidazole rings is 1. The van der Waals surface area contributed by atoms with Crippen LogP contribution in [-0.4, -0.2) is 68.3 Å². The van der Waals surface area contributed by atoms with E-state index in [0.29, 0.717) is 0 Å². The van der Waals surface area contributed by atoms with Crippen LogP contribution >= 0.6 is 36.1 Å². The van der Waals surface area contributed by atoms with Gasteiger partial charge in [0.25, 0.3) is 5.56 Å². The number of nitrogens with zero attached hydrogens (tertiary/aromatic N) is 3. The van der Waals surface area contributed by atoms with E-state index >= 15 is 0 Å². The van der Waals surface area contributed by atoms with E-state index in [4.69, 9.17) is 25.2 Å². The number of thiol groups is 1. The van der Waals surface area contributed by atoms with E-state index in [1.807, 2.05) is 0 Å². The molecule has 1 saturated heterocycles. The fraction of sp³-hybridized carbons (Fsp3) is 0.500. The highest BCUT2D eigenvalue weighted by Crippen LogP contribution is 2.66. The summed E-state index contributed by atoms with van der Waals surface area (Å²) < 4.78 is 52.2. The third kappa shape index (κ3) is 5.84. The highest BCUT2D eigenvalue weighted by atomic mass is 32.1. The molecule has 0 spiro atoms. The Morgan fingerprint density at radius 2 is 1.88 bits per heavy atom. The average Bonchev–Trinajstić information content (AvgIpc) is 3.12. The number of rotatable bonds is 8. The predicted molar refractivity (Wildman–Crippen MR) is 105 cm³/mol. The second kappa shape index (κ2) is 8.88. The Bertz CT molecular complexity index is 1210. The summed E-state index contributed by atoms with van der Waals surface area (Å²) in [7, 11) is -16.7. The van der Waals surface area contributed by atoms with E-state index in [2.05, 4.69) is 40.7 Å². The van der Waals surface area contributed by atoms with E-state index in [9.17, 15) is 28.5 Å². The molecule has 0 bridgehead atoms. The second-order valence-electron chi connectivity index (χ2n) is 6.21. The molecule has 0 saturated carbocycles. The third-order valence-electron chi connectivity index (χ3n) is 3.88. The minimum Gasteiger partial charge on any atom is -0.389 e. The van der Waals surface area contributed by atoms with Gasteiger partial charge in [-0.2, -0.15) is 26.2 Å². The van der Waals surface area contributed by atoms with Gasteiger partial charge in [-0.15, -0.1) is 0 Å². The van der Waals surface area contributed by atoms with Crippen LogP contribution in [0, 0.1) is 0 Å². The maximum absolute atomic E-state index is 11.9. The van der Waals surface area contributed by atoms with Gasteiger partial charge in [0.1, 0.15) is 6.10 Å². The van der Waals surface area contributed by atoms with E-state index < -0.39 is 59.3 Å². The quantitative estimate of drug-likeness (QED) is 0.141. The Kier molecular flexibility index (Phi) is 7.07. The molecule has 2 aromatic heterocycles. The van der Waals surface area contributed by atoms with Crippen LogP contribution in [0.3, 0.4) is 0 Å². The molecule has 180 valence electrons. The van der Waals surface area contributed by atoms with Crippen molar-refractivity contribution in [2.24, 2.45) is 0 Å². The van der Waals surface area contributed by atoms with Crippen LogP contribution in [0.1, 0.15) is 6.23 Å². The standard InChI is InChI=1S/C10H16N5O13P3S/c11-10-13-7-4(8(17)14-10)12-2-15(7)9-6(32)5(16)3(26-9)1-25-30(21,22)28-31(23,24)27-29(18,19)20/h2-3,5-6,9,16,32H,1H2,(H,21,22)(H,23,24)(H2,18,19,20)(H3,11,13,14,17)/t3-,5-,6-,9-/m1/s1. The van der Waals surface area contributed by atoms with Gasteiger partial charge in [-0.1, -0.05) is 0 Å². The molecule has 1 aliphatic heterocycles. The Labute approximate surface area is 182 Å². The first-order chi connectivity index (χ1) is 14.6. The lowest BCUT2D eigenvalue weighted by Crippen LogP contribution is -2.30. The number of phosphoric ester groups is 1. The number of aromatic amines is 1. The van der Waals surface area contributed by atoms with Gasteiger partial charge in [-0.25, -0.2) is 18.7 Å². The number of hydrogen-bond donors (Lipinski definition) is 8. The van der Waals surface area contributed by atoms with Gasteiger partial charge in [-0.3, -0.25) is 18.9 Å². The number of aliphatic hydroxyl groups is 1. The minimum absolute atomic E-state index is 0.00367. The summed E-state index contributed by atoms with van der Waals surface area (Å²) in [5.41, 5.74) is 4.79. The van der Waals surface area contributed by atoms with Crippen molar-refractivity contribution in [1.29, 1.82) is 0 Å². The van der Waals surface area contributed by atoms with E-state index in [1.165, 1.54) is 4.57 Å². The SMILES string of the molecule is Nc1nc2c(ncn2[C@@H]2O[C@H](COP(=O)(O)OP(=O)(O)OP(=O)(O)O)[C@@H](O)[C@H]2S)c(=O)[nH]1. The molecule has 3 heterocycles. The lowest BCUT2D eigenvalue weighted by Gasteiger charge is -2.19. The van der Waals surface area contributed by atoms with E-state index in [0.717, 1.165) is 6.33 Å². The van der Waals surface area contributed by atoms with Crippen molar-refractivity contribution >= 4 is 53.2 Å². The number of nitrogen functional groups attached to an aromatic ring is 1. The fourth-order valence-corrected chi connectivity index (χ4v) is 6.13. The van der Waals surface area contributed by atoms with E-state index in [1.54, 1.807) is 0 Å². The number of hydrogen-bond acceptors (Lipinski definition) is 13. The summed E-state index contributed by atoms with van der Waals surface area (Å²) in [6, 6.07) is 0. The van der Waals surface area contributed by atoms with Crippen LogP contribution in [0.15, 0.2) is 11.1 Å². The third-order valence-corrected chi connectivity index (χ3v) is 8.24. The maximum atomic E-state index is 11.9. The highest BCUT2D eigenvalue weighted by molar-refractivity contribution is 7.81. The van der Waals surface area contributed by atoms with Crippen molar-refractivity contribution < 1.29 is 56.3 Å². The van der Waals surface area contributed by atoms with Crippen LogP contribution in [0.4, 0.5) is 5.95 Å². The number of phosphoric acid groups is 3. The normalized spacial score (nSPS) is 27.9. The first-order valence-electron chi connectivity index (χ1n) is 8.11. The van der Waals surface area contributed by atoms with Gasteiger partial charge in [0, 0.05) is 0 Å². The van der Waals surface area contributed by atoms with Crippen molar-refractivity contribution in [2.45, 2.75) is 23.7 Å². The Balaban J connectivity index is 1.72.